The van der Waals surface area contributed by atoms with Gasteiger partial charge in [0.25, 0.3) is 0 Å². The Morgan fingerprint density at radius 1 is 1.40 bits per heavy atom. The molecule has 1 aromatic rings. The highest BCUT2D eigenvalue weighted by Gasteiger charge is 2.23. The van der Waals surface area contributed by atoms with E-state index < -0.39 is 6.03 Å². The molecule has 0 aliphatic heterocycles. The molecule has 1 aliphatic rings. The molecule has 6 heteroatoms. The Bertz CT molecular complexity index is 503. The van der Waals surface area contributed by atoms with Crippen LogP contribution in [0.1, 0.15) is 31.4 Å². The second-order valence-electron chi connectivity index (χ2n) is 4.95. The Morgan fingerprint density at radius 3 is 2.80 bits per heavy atom. The third-order valence-corrected chi connectivity index (χ3v) is 3.32. The molecule has 1 atom stereocenters. The van der Waals surface area contributed by atoms with Crippen molar-refractivity contribution in [1.29, 1.82) is 0 Å². The molecule has 1 fully saturated rings. The molecule has 0 heterocycles. The number of carbonyl (C=O) groups excluding carboxylic acids is 2. The summed E-state index contributed by atoms with van der Waals surface area (Å²) in [4.78, 5) is 23.0. The smallest absolute Gasteiger partial charge is 0.321 e. The van der Waals surface area contributed by atoms with Crippen molar-refractivity contribution >= 4 is 23.5 Å². The van der Waals surface area contributed by atoms with Crippen LogP contribution < -0.4 is 16.0 Å². The summed E-state index contributed by atoms with van der Waals surface area (Å²) in [5.74, 6) is -0.350. The van der Waals surface area contributed by atoms with Gasteiger partial charge in [-0.3, -0.25) is 10.1 Å². The predicted octanol–water partition coefficient (Wildman–Crippen LogP) is 1.98. The lowest BCUT2D eigenvalue weighted by molar-refractivity contribution is -0.119. The van der Waals surface area contributed by atoms with Crippen LogP contribution in [0, 0.1) is 0 Å². The second kappa shape index (κ2) is 6.72. The fourth-order valence-electron chi connectivity index (χ4n) is 1.76. The molecule has 1 aromatic carbocycles. The number of carbonyl (C=O) groups is 2. The van der Waals surface area contributed by atoms with Crippen molar-refractivity contribution in [2.45, 2.75) is 31.8 Å². The van der Waals surface area contributed by atoms with Gasteiger partial charge in [-0.2, -0.15) is 0 Å². The van der Waals surface area contributed by atoms with Crippen LogP contribution in [-0.4, -0.2) is 24.5 Å². The molecule has 0 aromatic heterocycles. The maximum atomic E-state index is 11.6. The Morgan fingerprint density at radius 2 is 2.15 bits per heavy atom. The van der Waals surface area contributed by atoms with Gasteiger partial charge in [0.15, 0.2) is 0 Å². The molecule has 0 saturated heterocycles. The maximum Gasteiger partial charge on any atom is 0.321 e. The number of rotatable bonds is 5. The van der Waals surface area contributed by atoms with E-state index in [1.165, 1.54) is 0 Å². The number of halogens is 1. The lowest BCUT2D eigenvalue weighted by atomic mass is 10.1. The summed E-state index contributed by atoms with van der Waals surface area (Å²) in [5.41, 5.74) is 0.993. The van der Waals surface area contributed by atoms with E-state index in [9.17, 15) is 9.59 Å². The minimum absolute atomic E-state index is 0.0223. The molecule has 0 radical (unpaired) electrons. The van der Waals surface area contributed by atoms with Gasteiger partial charge in [0.05, 0.1) is 6.54 Å². The van der Waals surface area contributed by atoms with Crippen LogP contribution in [0.2, 0.25) is 5.02 Å². The molecule has 1 saturated carbocycles. The zero-order valence-corrected chi connectivity index (χ0v) is 12.0. The van der Waals surface area contributed by atoms with Gasteiger partial charge >= 0.3 is 6.03 Å². The van der Waals surface area contributed by atoms with Crippen molar-refractivity contribution in [2.24, 2.45) is 0 Å². The number of imide groups is 1. The topological polar surface area (TPSA) is 70.2 Å². The summed E-state index contributed by atoms with van der Waals surface area (Å²) in [5, 5.41) is 8.69. The van der Waals surface area contributed by atoms with Crippen molar-refractivity contribution in [3.05, 3.63) is 34.9 Å². The van der Waals surface area contributed by atoms with Crippen LogP contribution in [0.25, 0.3) is 0 Å². The zero-order valence-electron chi connectivity index (χ0n) is 11.3. The first-order chi connectivity index (χ1) is 9.54. The molecule has 20 heavy (non-hydrogen) atoms. The van der Waals surface area contributed by atoms with E-state index in [-0.39, 0.29) is 24.5 Å². The van der Waals surface area contributed by atoms with Gasteiger partial charge in [-0.15, -0.1) is 0 Å². The van der Waals surface area contributed by atoms with Crippen molar-refractivity contribution in [2.75, 3.05) is 6.54 Å². The number of benzene rings is 1. The highest BCUT2D eigenvalue weighted by molar-refractivity contribution is 6.30. The van der Waals surface area contributed by atoms with E-state index in [2.05, 4.69) is 16.0 Å². The summed E-state index contributed by atoms with van der Waals surface area (Å²) in [7, 11) is 0. The largest absolute Gasteiger partial charge is 0.335 e. The monoisotopic (exact) mass is 295 g/mol. The average Bonchev–Trinajstić information content (AvgIpc) is 3.19. The van der Waals surface area contributed by atoms with Gasteiger partial charge in [0.2, 0.25) is 5.91 Å². The first kappa shape index (κ1) is 14.8. The molecular weight excluding hydrogens is 278 g/mol. The number of hydrogen-bond acceptors (Lipinski definition) is 3. The van der Waals surface area contributed by atoms with Crippen molar-refractivity contribution in [3.63, 3.8) is 0 Å². The molecule has 108 valence electrons. The Labute approximate surface area is 123 Å². The van der Waals surface area contributed by atoms with E-state index in [0.717, 1.165) is 18.4 Å². The molecule has 3 N–H and O–H groups in total. The van der Waals surface area contributed by atoms with Crippen molar-refractivity contribution in [3.8, 4) is 0 Å². The molecule has 3 amide bonds. The lowest BCUT2D eigenvalue weighted by Crippen LogP contribution is -2.44. The fourth-order valence-corrected chi connectivity index (χ4v) is 1.96. The van der Waals surface area contributed by atoms with E-state index >= 15 is 0 Å². The van der Waals surface area contributed by atoms with Gasteiger partial charge in [0, 0.05) is 17.1 Å². The summed E-state index contributed by atoms with van der Waals surface area (Å²) < 4.78 is 0. The second-order valence-corrected chi connectivity index (χ2v) is 5.39. The Hall–Kier alpha value is -1.59. The molecule has 0 spiro atoms. The average molecular weight is 296 g/mol. The van der Waals surface area contributed by atoms with Crippen LogP contribution in [0.4, 0.5) is 4.79 Å². The standard InChI is InChI=1S/C14H18ClN3O2/c1-9(10-3-2-4-11(15)7-10)16-8-13(19)18-14(20)17-12-5-6-12/h2-4,7,9,12,16H,5-6,8H2,1H3,(H2,17,18,19,20)/t9-/m0/s1. The van der Waals surface area contributed by atoms with E-state index in [4.69, 9.17) is 11.6 Å². The van der Waals surface area contributed by atoms with Crippen LogP contribution >= 0.6 is 11.6 Å². The molecule has 0 bridgehead atoms. The number of nitrogens with one attached hydrogen (secondary N) is 3. The van der Waals surface area contributed by atoms with Gasteiger partial charge in [-0.1, -0.05) is 23.7 Å². The molecular formula is C14H18ClN3O2. The summed E-state index contributed by atoms with van der Waals surface area (Å²) in [6.07, 6.45) is 1.98. The lowest BCUT2D eigenvalue weighted by Gasteiger charge is -2.14. The first-order valence-corrected chi connectivity index (χ1v) is 7.01. The van der Waals surface area contributed by atoms with E-state index in [1.54, 1.807) is 6.07 Å². The molecule has 5 nitrogen and oxygen atoms in total. The number of hydrogen-bond donors (Lipinski definition) is 3. The number of amides is 3. The van der Waals surface area contributed by atoms with E-state index in [1.807, 2.05) is 25.1 Å². The van der Waals surface area contributed by atoms with Gasteiger partial charge < -0.3 is 10.6 Å². The van der Waals surface area contributed by atoms with Gasteiger partial charge in [-0.05, 0) is 37.5 Å². The highest BCUT2D eigenvalue weighted by atomic mass is 35.5. The third-order valence-electron chi connectivity index (χ3n) is 3.08. The van der Waals surface area contributed by atoms with Crippen LogP contribution in [0.15, 0.2) is 24.3 Å². The zero-order chi connectivity index (χ0) is 14.5. The van der Waals surface area contributed by atoms with Crippen molar-refractivity contribution in [1.82, 2.24) is 16.0 Å². The molecule has 2 rings (SSSR count). The Balaban J connectivity index is 1.73. The van der Waals surface area contributed by atoms with Crippen molar-refractivity contribution < 1.29 is 9.59 Å². The molecule has 1 aliphatic carbocycles. The Kier molecular flexibility index (Phi) is 4.98. The number of urea groups is 1. The summed E-state index contributed by atoms with van der Waals surface area (Å²) >= 11 is 5.91. The van der Waals surface area contributed by atoms with Crippen LogP contribution in [0.3, 0.4) is 0 Å². The molecule has 0 unspecified atom stereocenters. The SMILES string of the molecule is C[C@H](NCC(=O)NC(=O)NC1CC1)c1cccc(Cl)c1. The minimum Gasteiger partial charge on any atom is -0.335 e. The van der Waals surface area contributed by atoms with Crippen LogP contribution in [-0.2, 0) is 4.79 Å². The minimum atomic E-state index is -0.422. The predicted molar refractivity (Wildman–Crippen MR) is 77.6 cm³/mol. The van der Waals surface area contributed by atoms with Gasteiger partial charge in [0.1, 0.15) is 0 Å². The normalized spacial score (nSPS) is 15.5. The first-order valence-electron chi connectivity index (χ1n) is 6.64. The summed E-state index contributed by atoms with van der Waals surface area (Å²) in [6.45, 7) is 2.01. The third kappa shape index (κ3) is 4.83. The van der Waals surface area contributed by atoms with Gasteiger partial charge in [-0.25, -0.2) is 4.79 Å². The highest BCUT2D eigenvalue weighted by Crippen LogP contribution is 2.18. The maximum absolute atomic E-state index is 11.6. The van der Waals surface area contributed by atoms with E-state index in [0.29, 0.717) is 5.02 Å². The fraction of sp³-hybridized carbons (Fsp3) is 0.429. The quantitative estimate of drug-likeness (QED) is 0.778. The summed E-state index contributed by atoms with van der Waals surface area (Å²) in [6, 6.07) is 7.23. The van der Waals surface area contributed by atoms with Crippen LogP contribution in [0.5, 0.6) is 0 Å².